The average Bonchev–Trinajstić information content (AvgIpc) is 2.90. The van der Waals surface area contributed by atoms with Crippen molar-refractivity contribution < 1.29 is 9.84 Å². The third-order valence-electron chi connectivity index (χ3n) is 3.46. The normalized spacial score (nSPS) is 12.4. The molecule has 120 valence electrons. The maximum Gasteiger partial charge on any atom is 0.176 e. The van der Waals surface area contributed by atoms with Crippen molar-refractivity contribution in [3.63, 3.8) is 0 Å². The van der Waals surface area contributed by atoms with Crippen LogP contribution in [-0.4, -0.2) is 47.2 Å². The number of aromatic nitrogens is 3. The molecule has 0 spiro atoms. The Morgan fingerprint density at radius 3 is 2.77 bits per heavy atom. The van der Waals surface area contributed by atoms with Gasteiger partial charge in [-0.05, 0) is 18.6 Å². The smallest absolute Gasteiger partial charge is 0.176 e. The van der Waals surface area contributed by atoms with E-state index < -0.39 is 6.10 Å². The van der Waals surface area contributed by atoms with Gasteiger partial charge < -0.3 is 14.7 Å². The fourth-order valence-corrected chi connectivity index (χ4v) is 2.17. The van der Waals surface area contributed by atoms with Gasteiger partial charge in [0.25, 0.3) is 0 Å². The van der Waals surface area contributed by atoms with Gasteiger partial charge in [-0.3, -0.25) is 0 Å². The van der Waals surface area contributed by atoms with E-state index in [0.29, 0.717) is 25.4 Å². The standard InChI is InChI=1S/C16H24N4O2/c1-5-14(21)10-20-16(17-15(18-20)11-22-4)12-7-6-8-13(9-12)19(2)3/h6-9,14,21H,5,10-11H2,1-4H3. The number of benzene rings is 1. The second-order valence-corrected chi connectivity index (χ2v) is 5.47. The largest absolute Gasteiger partial charge is 0.391 e. The van der Waals surface area contributed by atoms with E-state index in [9.17, 15) is 5.11 Å². The summed E-state index contributed by atoms with van der Waals surface area (Å²) in [5.74, 6) is 1.37. The molecule has 22 heavy (non-hydrogen) atoms. The lowest BCUT2D eigenvalue weighted by atomic mass is 10.1. The first-order chi connectivity index (χ1) is 10.5. The number of hydrogen-bond donors (Lipinski definition) is 1. The number of methoxy groups -OCH3 is 1. The minimum absolute atomic E-state index is 0.357. The Labute approximate surface area is 131 Å². The zero-order valence-corrected chi connectivity index (χ0v) is 13.7. The molecular weight excluding hydrogens is 280 g/mol. The van der Waals surface area contributed by atoms with Crippen molar-refractivity contribution in [2.24, 2.45) is 0 Å². The number of anilines is 1. The van der Waals surface area contributed by atoms with Crippen molar-refractivity contribution in [3.05, 3.63) is 30.1 Å². The van der Waals surface area contributed by atoms with Gasteiger partial charge in [0.05, 0.1) is 12.6 Å². The Morgan fingerprint density at radius 1 is 1.36 bits per heavy atom. The molecule has 0 aliphatic rings. The maximum absolute atomic E-state index is 9.94. The predicted molar refractivity (Wildman–Crippen MR) is 86.8 cm³/mol. The maximum atomic E-state index is 9.94. The Morgan fingerprint density at radius 2 is 2.14 bits per heavy atom. The van der Waals surface area contributed by atoms with Crippen LogP contribution in [0.5, 0.6) is 0 Å². The van der Waals surface area contributed by atoms with Gasteiger partial charge in [-0.2, -0.15) is 5.10 Å². The van der Waals surface area contributed by atoms with Gasteiger partial charge in [-0.25, -0.2) is 9.67 Å². The molecule has 0 bridgehead atoms. The van der Waals surface area contributed by atoms with Crippen LogP contribution < -0.4 is 4.90 Å². The molecule has 1 atom stereocenters. The SMILES string of the molecule is CCC(O)Cn1nc(COC)nc1-c1cccc(N(C)C)c1. The fraction of sp³-hybridized carbons (Fsp3) is 0.500. The molecule has 0 fully saturated rings. The zero-order valence-electron chi connectivity index (χ0n) is 13.7. The summed E-state index contributed by atoms with van der Waals surface area (Å²) in [5.41, 5.74) is 2.07. The van der Waals surface area contributed by atoms with Crippen molar-refractivity contribution in [2.45, 2.75) is 32.6 Å². The quantitative estimate of drug-likeness (QED) is 0.847. The number of ether oxygens (including phenoxy) is 1. The van der Waals surface area contributed by atoms with Gasteiger partial charge in [0, 0.05) is 32.5 Å². The van der Waals surface area contributed by atoms with Crippen molar-refractivity contribution >= 4 is 5.69 Å². The summed E-state index contributed by atoms with van der Waals surface area (Å²) in [7, 11) is 5.62. The Kier molecular flexibility index (Phi) is 5.51. The van der Waals surface area contributed by atoms with Crippen LogP contribution in [0.2, 0.25) is 0 Å². The number of nitrogens with zero attached hydrogens (tertiary/aromatic N) is 4. The summed E-state index contributed by atoms with van der Waals surface area (Å²) in [4.78, 5) is 6.60. The minimum Gasteiger partial charge on any atom is -0.391 e. The van der Waals surface area contributed by atoms with E-state index in [1.54, 1.807) is 11.8 Å². The highest BCUT2D eigenvalue weighted by atomic mass is 16.5. The summed E-state index contributed by atoms with van der Waals surface area (Å²) in [6.07, 6.45) is 0.240. The Hall–Kier alpha value is -1.92. The van der Waals surface area contributed by atoms with Crippen molar-refractivity contribution in [1.82, 2.24) is 14.8 Å². The molecule has 1 heterocycles. The molecule has 0 saturated carbocycles. The van der Waals surface area contributed by atoms with E-state index in [1.807, 2.05) is 44.1 Å². The average molecular weight is 304 g/mol. The van der Waals surface area contributed by atoms with Gasteiger partial charge in [-0.15, -0.1) is 0 Å². The van der Waals surface area contributed by atoms with E-state index >= 15 is 0 Å². The number of aliphatic hydroxyl groups is 1. The highest BCUT2D eigenvalue weighted by Crippen LogP contribution is 2.23. The molecular formula is C16H24N4O2. The summed E-state index contributed by atoms with van der Waals surface area (Å²) in [6, 6.07) is 8.11. The molecule has 0 aliphatic heterocycles. The van der Waals surface area contributed by atoms with Gasteiger partial charge in [0.15, 0.2) is 11.6 Å². The first-order valence-electron chi connectivity index (χ1n) is 7.43. The fourth-order valence-electron chi connectivity index (χ4n) is 2.17. The van der Waals surface area contributed by atoms with E-state index in [2.05, 4.69) is 16.1 Å². The lowest BCUT2D eigenvalue weighted by molar-refractivity contribution is 0.144. The van der Waals surface area contributed by atoms with Crippen LogP contribution >= 0.6 is 0 Å². The molecule has 1 unspecified atom stereocenters. The summed E-state index contributed by atoms with van der Waals surface area (Å²) in [6.45, 7) is 2.73. The van der Waals surface area contributed by atoms with Crippen molar-refractivity contribution in [2.75, 3.05) is 26.1 Å². The summed E-state index contributed by atoms with van der Waals surface area (Å²) < 4.78 is 6.88. The molecule has 6 nitrogen and oxygen atoms in total. The van der Waals surface area contributed by atoms with Crippen LogP contribution in [0.3, 0.4) is 0 Å². The van der Waals surface area contributed by atoms with Crippen LogP contribution in [-0.2, 0) is 17.9 Å². The molecule has 2 rings (SSSR count). The lowest BCUT2D eigenvalue weighted by Crippen LogP contribution is -2.17. The Balaban J connectivity index is 2.41. The molecule has 1 aromatic heterocycles. The highest BCUT2D eigenvalue weighted by molar-refractivity contribution is 5.63. The monoisotopic (exact) mass is 304 g/mol. The van der Waals surface area contributed by atoms with Gasteiger partial charge in [0.2, 0.25) is 0 Å². The van der Waals surface area contributed by atoms with Crippen molar-refractivity contribution in [3.8, 4) is 11.4 Å². The highest BCUT2D eigenvalue weighted by Gasteiger charge is 2.15. The van der Waals surface area contributed by atoms with Gasteiger partial charge in [-0.1, -0.05) is 19.1 Å². The van der Waals surface area contributed by atoms with Crippen LogP contribution in [0.25, 0.3) is 11.4 Å². The lowest BCUT2D eigenvalue weighted by Gasteiger charge is -2.14. The van der Waals surface area contributed by atoms with Gasteiger partial charge in [0.1, 0.15) is 6.61 Å². The van der Waals surface area contributed by atoms with Crippen LogP contribution in [0.4, 0.5) is 5.69 Å². The van der Waals surface area contributed by atoms with Crippen LogP contribution in [0, 0.1) is 0 Å². The van der Waals surface area contributed by atoms with E-state index in [0.717, 1.165) is 17.1 Å². The molecule has 0 saturated heterocycles. The van der Waals surface area contributed by atoms with Crippen LogP contribution in [0.15, 0.2) is 24.3 Å². The molecule has 0 radical (unpaired) electrons. The molecule has 6 heteroatoms. The molecule has 1 aromatic carbocycles. The zero-order chi connectivity index (χ0) is 16.1. The second kappa shape index (κ2) is 7.38. The Bertz CT molecular complexity index is 610. The number of hydrogen-bond acceptors (Lipinski definition) is 5. The van der Waals surface area contributed by atoms with E-state index in [1.165, 1.54) is 0 Å². The van der Waals surface area contributed by atoms with E-state index in [4.69, 9.17) is 4.74 Å². The third kappa shape index (κ3) is 3.84. The van der Waals surface area contributed by atoms with Gasteiger partial charge >= 0.3 is 0 Å². The molecule has 0 aliphatic carbocycles. The number of rotatable bonds is 7. The first kappa shape index (κ1) is 16.5. The topological polar surface area (TPSA) is 63.4 Å². The summed E-state index contributed by atoms with van der Waals surface area (Å²) in [5, 5.41) is 14.4. The molecule has 1 N–H and O–H groups in total. The van der Waals surface area contributed by atoms with Crippen molar-refractivity contribution in [1.29, 1.82) is 0 Å². The predicted octanol–water partition coefficient (Wildman–Crippen LogP) is 1.93. The molecule has 2 aromatic rings. The van der Waals surface area contributed by atoms with Crippen LogP contribution in [0.1, 0.15) is 19.2 Å². The summed E-state index contributed by atoms with van der Waals surface area (Å²) >= 11 is 0. The third-order valence-corrected chi connectivity index (χ3v) is 3.46. The van der Waals surface area contributed by atoms with E-state index in [-0.39, 0.29) is 0 Å². The minimum atomic E-state index is -0.437. The second-order valence-electron chi connectivity index (χ2n) is 5.47. The number of aliphatic hydroxyl groups excluding tert-OH is 1. The molecule has 0 amide bonds. The first-order valence-corrected chi connectivity index (χ1v) is 7.43.